The lowest BCUT2D eigenvalue weighted by atomic mass is 9.99. The van der Waals surface area contributed by atoms with Gasteiger partial charge < -0.3 is 10.2 Å². The van der Waals surface area contributed by atoms with E-state index in [0.717, 1.165) is 22.9 Å². The number of aryl methyl sites for hydroxylation is 1. The van der Waals surface area contributed by atoms with E-state index in [-0.39, 0.29) is 5.54 Å². The van der Waals surface area contributed by atoms with Gasteiger partial charge in [-0.05, 0) is 38.5 Å². The van der Waals surface area contributed by atoms with Crippen LogP contribution in [-0.4, -0.2) is 19.1 Å². The van der Waals surface area contributed by atoms with Gasteiger partial charge in [-0.25, -0.2) is 0 Å². The molecule has 2 nitrogen and oxygen atoms in total. The van der Waals surface area contributed by atoms with E-state index in [2.05, 4.69) is 44.1 Å². The zero-order chi connectivity index (χ0) is 11.2. The lowest BCUT2D eigenvalue weighted by Gasteiger charge is -2.40. The number of fused-ring (bicyclic) bond motifs is 1. The summed E-state index contributed by atoms with van der Waals surface area (Å²) in [5.41, 5.74) is 3.54. The molecule has 0 fully saturated rings. The van der Waals surface area contributed by atoms with Crippen molar-refractivity contribution in [2.75, 3.05) is 23.8 Å². The molecule has 1 aliphatic rings. The van der Waals surface area contributed by atoms with Crippen molar-refractivity contribution in [3.8, 4) is 0 Å². The largest absolute Gasteiger partial charge is 0.377 e. The monoisotopic (exact) mass is 224 g/mol. The Balaban J connectivity index is 2.55. The normalized spacial score (nSPS) is 18.3. The van der Waals surface area contributed by atoms with Gasteiger partial charge in [0.15, 0.2) is 0 Å². The van der Waals surface area contributed by atoms with Crippen LogP contribution in [0.3, 0.4) is 0 Å². The van der Waals surface area contributed by atoms with E-state index in [9.17, 15) is 0 Å². The molecule has 1 aromatic carbocycles. The van der Waals surface area contributed by atoms with Gasteiger partial charge in [0.05, 0.1) is 16.4 Å². The van der Waals surface area contributed by atoms with E-state index in [1.165, 1.54) is 5.56 Å². The smallest absolute Gasteiger partial charge is 0.0789 e. The molecule has 1 N–H and O–H groups in total. The molecule has 3 heteroatoms. The standard InChI is InChI=1S/C12H17ClN2/c1-8-5-9(13)11-10(6-8)14-12(2,3)7-15(11)4/h5-6,14H,7H2,1-4H3. The Morgan fingerprint density at radius 2 is 2.07 bits per heavy atom. The van der Waals surface area contributed by atoms with Crippen molar-refractivity contribution in [2.24, 2.45) is 0 Å². The molecule has 0 amide bonds. The van der Waals surface area contributed by atoms with Crippen molar-refractivity contribution in [2.45, 2.75) is 26.3 Å². The van der Waals surface area contributed by atoms with Crippen LogP contribution in [0.25, 0.3) is 0 Å². The van der Waals surface area contributed by atoms with Crippen LogP contribution in [-0.2, 0) is 0 Å². The second kappa shape index (κ2) is 3.31. The van der Waals surface area contributed by atoms with Crippen LogP contribution in [0, 0.1) is 6.92 Å². The predicted octanol–water partition coefficient (Wildman–Crippen LogP) is 3.29. The molecular weight excluding hydrogens is 208 g/mol. The molecular formula is C12H17ClN2. The van der Waals surface area contributed by atoms with Crippen LogP contribution in [0.15, 0.2) is 12.1 Å². The van der Waals surface area contributed by atoms with Crippen molar-refractivity contribution in [3.05, 3.63) is 22.7 Å². The third-order valence-corrected chi connectivity index (χ3v) is 2.98. The molecule has 0 aliphatic carbocycles. The van der Waals surface area contributed by atoms with Gasteiger partial charge in [-0.15, -0.1) is 0 Å². The highest BCUT2D eigenvalue weighted by molar-refractivity contribution is 6.34. The van der Waals surface area contributed by atoms with E-state index in [1.807, 2.05) is 6.07 Å². The first-order chi connectivity index (χ1) is 6.89. The maximum Gasteiger partial charge on any atom is 0.0789 e. The van der Waals surface area contributed by atoms with Crippen molar-refractivity contribution >= 4 is 23.0 Å². The average Bonchev–Trinajstić information content (AvgIpc) is 1.97. The second-order valence-corrected chi connectivity index (χ2v) is 5.42. The van der Waals surface area contributed by atoms with E-state index in [1.54, 1.807) is 0 Å². The fraction of sp³-hybridized carbons (Fsp3) is 0.500. The number of nitrogens with one attached hydrogen (secondary N) is 1. The van der Waals surface area contributed by atoms with Crippen molar-refractivity contribution in [1.29, 1.82) is 0 Å². The quantitative estimate of drug-likeness (QED) is 0.728. The van der Waals surface area contributed by atoms with Gasteiger partial charge in [0.25, 0.3) is 0 Å². The SMILES string of the molecule is Cc1cc(Cl)c2c(c1)NC(C)(C)CN2C. The minimum atomic E-state index is 0.0961. The number of hydrogen-bond donors (Lipinski definition) is 1. The number of hydrogen-bond acceptors (Lipinski definition) is 2. The molecule has 0 radical (unpaired) electrons. The van der Waals surface area contributed by atoms with Crippen LogP contribution in [0.5, 0.6) is 0 Å². The van der Waals surface area contributed by atoms with Crippen molar-refractivity contribution in [1.82, 2.24) is 0 Å². The van der Waals surface area contributed by atoms with Gasteiger partial charge >= 0.3 is 0 Å². The lowest BCUT2D eigenvalue weighted by Crippen LogP contribution is -2.47. The number of likely N-dealkylation sites (N-methyl/N-ethyl adjacent to an activating group) is 1. The molecule has 1 heterocycles. The summed E-state index contributed by atoms with van der Waals surface area (Å²) in [6, 6.07) is 4.16. The number of anilines is 2. The highest BCUT2D eigenvalue weighted by Gasteiger charge is 2.28. The molecule has 0 saturated heterocycles. The Hall–Kier alpha value is -0.890. The molecule has 0 atom stereocenters. The van der Waals surface area contributed by atoms with Gasteiger partial charge in [0.1, 0.15) is 0 Å². The summed E-state index contributed by atoms with van der Waals surface area (Å²) in [7, 11) is 2.09. The lowest BCUT2D eigenvalue weighted by molar-refractivity contribution is 0.550. The summed E-state index contributed by atoms with van der Waals surface area (Å²) in [4.78, 5) is 2.22. The van der Waals surface area contributed by atoms with Gasteiger partial charge in [-0.2, -0.15) is 0 Å². The molecule has 1 aromatic rings. The molecule has 0 bridgehead atoms. The van der Waals surface area contributed by atoms with Gasteiger partial charge in [0, 0.05) is 19.1 Å². The number of rotatable bonds is 0. The molecule has 0 saturated carbocycles. The maximum atomic E-state index is 6.25. The second-order valence-electron chi connectivity index (χ2n) is 5.01. The molecule has 2 rings (SSSR count). The Kier molecular flexibility index (Phi) is 2.34. The van der Waals surface area contributed by atoms with Gasteiger partial charge in [0.2, 0.25) is 0 Å². The summed E-state index contributed by atoms with van der Waals surface area (Å²) in [5.74, 6) is 0. The minimum Gasteiger partial charge on any atom is -0.377 e. The fourth-order valence-electron chi connectivity index (χ4n) is 2.29. The van der Waals surface area contributed by atoms with Crippen LogP contribution in [0.1, 0.15) is 19.4 Å². The number of benzene rings is 1. The first kappa shape index (κ1) is 10.6. The molecule has 15 heavy (non-hydrogen) atoms. The average molecular weight is 225 g/mol. The Bertz CT molecular complexity index is 399. The van der Waals surface area contributed by atoms with E-state index in [0.29, 0.717) is 0 Å². The third kappa shape index (κ3) is 1.91. The van der Waals surface area contributed by atoms with E-state index < -0.39 is 0 Å². The minimum absolute atomic E-state index is 0.0961. The summed E-state index contributed by atoms with van der Waals surface area (Å²) in [5, 5.41) is 4.35. The molecule has 0 unspecified atom stereocenters. The fourth-order valence-corrected chi connectivity index (χ4v) is 2.71. The number of nitrogens with zero attached hydrogens (tertiary/aromatic N) is 1. The maximum absolute atomic E-state index is 6.25. The zero-order valence-corrected chi connectivity index (χ0v) is 10.4. The van der Waals surface area contributed by atoms with E-state index in [4.69, 9.17) is 11.6 Å². The first-order valence-electron chi connectivity index (χ1n) is 5.18. The zero-order valence-electron chi connectivity index (χ0n) is 9.69. The van der Waals surface area contributed by atoms with Gasteiger partial charge in [-0.3, -0.25) is 0 Å². The van der Waals surface area contributed by atoms with E-state index >= 15 is 0 Å². The van der Waals surface area contributed by atoms with Crippen molar-refractivity contribution in [3.63, 3.8) is 0 Å². The van der Waals surface area contributed by atoms with Gasteiger partial charge in [-0.1, -0.05) is 11.6 Å². The Morgan fingerprint density at radius 1 is 1.40 bits per heavy atom. The molecule has 1 aliphatic heterocycles. The summed E-state index contributed by atoms with van der Waals surface area (Å²) in [6.45, 7) is 7.42. The van der Waals surface area contributed by atoms with Crippen molar-refractivity contribution < 1.29 is 0 Å². The summed E-state index contributed by atoms with van der Waals surface area (Å²) < 4.78 is 0. The topological polar surface area (TPSA) is 15.3 Å². The van der Waals surface area contributed by atoms with Crippen LogP contribution in [0.4, 0.5) is 11.4 Å². The summed E-state index contributed by atoms with van der Waals surface area (Å²) in [6.07, 6.45) is 0. The Morgan fingerprint density at radius 3 is 2.73 bits per heavy atom. The third-order valence-electron chi connectivity index (χ3n) is 2.69. The predicted molar refractivity (Wildman–Crippen MR) is 67.2 cm³/mol. The summed E-state index contributed by atoms with van der Waals surface area (Å²) >= 11 is 6.25. The van der Waals surface area contributed by atoms with Crippen LogP contribution < -0.4 is 10.2 Å². The van der Waals surface area contributed by atoms with Crippen LogP contribution >= 0.6 is 11.6 Å². The van der Waals surface area contributed by atoms with Crippen LogP contribution in [0.2, 0.25) is 5.02 Å². The first-order valence-corrected chi connectivity index (χ1v) is 5.56. The molecule has 82 valence electrons. The number of halogens is 1. The highest BCUT2D eigenvalue weighted by Crippen LogP contribution is 2.39. The molecule has 0 spiro atoms. The Labute approximate surface area is 96.2 Å². The highest BCUT2D eigenvalue weighted by atomic mass is 35.5. The molecule has 0 aromatic heterocycles.